The van der Waals surface area contributed by atoms with Crippen LogP contribution in [0.1, 0.15) is 10.4 Å². The number of nitrogens with zero attached hydrogens (tertiary/aromatic N) is 3. The first-order valence-electron chi connectivity index (χ1n) is 6.25. The van der Waals surface area contributed by atoms with Crippen molar-refractivity contribution in [1.82, 2.24) is 0 Å². The van der Waals surface area contributed by atoms with Crippen molar-refractivity contribution in [3.05, 3.63) is 73.2 Å². The number of benzene rings is 2. The molecule has 0 radical (unpaired) electrons. The second-order valence-electron chi connectivity index (χ2n) is 4.38. The Kier molecular flexibility index (Phi) is 4.75. The molecule has 0 saturated heterocycles. The zero-order valence-corrected chi connectivity index (χ0v) is 11.7. The van der Waals surface area contributed by atoms with Gasteiger partial charge >= 0.3 is 5.97 Å². The molecular formula is C13H8N4O7. The summed E-state index contributed by atoms with van der Waals surface area (Å²) in [5.41, 5.74) is 1.14. The van der Waals surface area contributed by atoms with Crippen molar-refractivity contribution in [2.75, 3.05) is 5.48 Å². The van der Waals surface area contributed by atoms with E-state index in [1.54, 1.807) is 0 Å². The molecule has 0 atom stereocenters. The summed E-state index contributed by atoms with van der Waals surface area (Å²) >= 11 is 0. The lowest BCUT2D eigenvalue weighted by Gasteiger charge is -2.06. The molecule has 1 N–H and O–H groups in total. The summed E-state index contributed by atoms with van der Waals surface area (Å²) in [6.07, 6.45) is 0. The highest BCUT2D eigenvalue weighted by Crippen LogP contribution is 2.23. The van der Waals surface area contributed by atoms with E-state index in [9.17, 15) is 29.9 Å². The number of hydrogen-bond donors (Lipinski definition) is 1. The lowest BCUT2D eigenvalue weighted by Crippen LogP contribution is -2.11. The fraction of sp³-hybridized carbons (Fsp3) is 0. The van der Waals surface area contributed by atoms with Crippen LogP contribution in [0.5, 0.6) is 0 Å². The molecule has 0 saturated carbocycles. The Morgan fingerprint density at radius 2 is 1.54 bits per heavy atom. The summed E-state index contributed by atoms with van der Waals surface area (Å²) in [4.78, 5) is 46.7. The SMILES string of the molecule is O=Nc1ccc(NOC(=O)c2cc([N+](=O)[O-])cc([N+](=O)[O-])c2)cc1. The number of hydrogen-bond acceptors (Lipinski definition) is 9. The van der Waals surface area contributed by atoms with E-state index in [1.807, 2.05) is 0 Å². The maximum absolute atomic E-state index is 11.9. The number of rotatable bonds is 6. The summed E-state index contributed by atoms with van der Waals surface area (Å²) in [6, 6.07) is 7.98. The molecule has 24 heavy (non-hydrogen) atoms. The van der Waals surface area contributed by atoms with Crippen LogP contribution in [0.3, 0.4) is 0 Å². The molecule has 122 valence electrons. The second-order valence-corrected chi connectivity index (χ2v) is 4.38. The number of carbonyl (C=O) groups is 1. The summed E-state index contributed by atoms with van der Waals surface area (Å²) in [7, 11) is 0. The summed E-state index contributed by atoms with van der Waals surface area (Å²) in [5.74, 6) is -1.06. The number of nitro groups is 2. The van der Waals surface area contributed by atoms with Gasteiger partial charge in [0.2, 0.25) is 0 Å². The number of nitrogens with one attached hydrogen (secondary N) is 1. The number of nitroso groups, excluding NO2 is 1. The van der Waals surface area contributed by atoms with Gasteiger partial charge in [0.25, 0.3) is 11.4 Å². The maximum atomic E-state index is 11.9. The molecule has 0 aliphatic rings. The molecule has 11 nitrogen and oxygen atoms in total. The first-order valence-corrected chi connectivity index (χ1v) is 6.25. The molecule has 2 rings (SSSR count). The van der Waals surface area contributed by atoms with Gasteiger partial charge in [-0.2, -0.15) is 0 Å². The van der Waals surface area contributed by atoms with Gasteiger partial charge < -0.3 is 4.84 Å². The average molecular weight is 332 g/mol. The minimum atomic E-state index is -1.06. The highest BCUT2D eigenvalue weighted by Gasteiger charge is 2.21. The van der Waals surface area contributed by atoms with Gasteiger partial charge in [-0.1, -0.05) is 0 Å². The molecule has 0 aromatic heterocycles. The van der Waals surface area contributed by atoms with Crippen LogP contribution in [0.4, 0.5) is 22.7 Å². The number of carbonyl (C=O) groups excluding carboxylic acids is 1. The van der Waals surface area contributed by atoms with Crippen LogP contribution >= 0.6 is 0 Å². The molecule has 0 aliphatic carbocycles. The quantitative estimate of drug-likeness (QED) is 0.480. The molecule has 0 bridgehead atoms. The van der Waals surface area contributed by atoms with Crippen molar-refractivity contribution in [1.29, 1.82) is 0 Å². The Morgan fingerprint density at radius 3 is 2.00 bits per heavy atom. The minimum Gasteiger partial charge on any atom is -0.338 e. The number of nitro benzene ring substituents is 2. The Labute approximate surface area is 133 Å². The fourth-order valence-corrected chi connectivity index (χ4v) is 1.68. The second kappa shape index (κ2) is 6.91. The molecule has 0 heterocycles. The van der Waals surface area contributed by atoms with Crippen LogP contribution in [0.15, 0.2) is 47.6 Å². The third kappa shape index (κ3) is 3.85. The van der Waals surface area contributed by atoms with Crippen molar-refractivity contribution in [3.8, 4) is 0 Å². The van der Waals surface area contributed by atoms with Crippen LogP contribution in [0.25, 0.3) is 0 Å². The first kappa shape index (κ1) is 16.5. The Hall–Kier alpha value is -3.89. The zero-order valence-electron chi connectivity index (χ0n) is 11.7. The average Bonchev–Trinajstić information content (AvgIpc) is 2.59. The van der Waals surface area contributed by atoms with E-state index in [2.05, 4.69) is 10.7 Å². The van der Waals surface area contributed by atoms with E-state index in [1.165, 1.54) is 24.3 Å². The number of non-ortho nitro benzene ring substituents is 2. The van der Waals surface area contributed by atoms with E-state index in [-0.39, 0.29) is 11.3 Å². The lowest BCUT2D eigenvalue weighted by molar-refractivity contribution is -0.394. The standard InChI is InChI=1S/C13H8N4O7/c18-13(24-15-10-3-1-9(14-19)2-4-10)8-5-11(16(20)21)7-12(6-8)17(22)23/h1-7,15H. The molecule has 0 fully saturated rings. The predicted molar refractivity (Wildman–Crippen MR) is 80.7 cm³/mol. The third-order valence-corrected chi connectivity index (χ3v) is 2.79. The van der Waals surface area contributed by atoms with E-state index in [0.29, 0.717) is 5.69 Å². The van der Waals surface area contributed by atoms with Crippen LogP contribution in [-0.2, 0) is 4.84 Å². The predicted octanol–water partition coefficient (Wildman–Crippen LogP) is 3.08. The van der Waals surface area contributed by atoms with E-state index < -0.39 is 27.2 Å². The topological polar surface area (TPSA) is 154 Å². The Morgan fingerprint density at radius 1 is 1.00 bits per heavy atom. The lowest BCUT2D eigenvalue weighted by atomic mass is 10.2. The largest absolute Gasteiger partial charge is 0.363 e. The zero-order chi connectivity index (χ0) is 17.7. The van der Waals surface area contributed by atoms with E-state index in [0.717, 1.165) is 18.2 Å². The third-order valence-electron chi connectivity index (χ3n) is 2.79. The van der Waals surface area contributed by atoms with Crippen molar-refractivity contribution in [3.63, 3.8) is 0 Å². The van der Waals surface area contributed by atoms with Gasteiger partial charge in [0.1, 0.15) is 5.69 Å². The minimum absolute atomic E-state index is 0.168. The highest BCUT2D eigenvalue weighted by molar-refractivity contribution is 5.91. The molecule has 11 heteroatoms. The van der Waals surface area contributed by atoms with Crippen LogP contribution in [0.2, 0.25) is 0 Å². The Bertz CT molecular complexity index is 787. The van der Waals surface area contributed by atoms with Crippen LogP contribution < -0.4 is 5.48 Å². The fourth-order valence-electron chi connectivity index (χ4n) is 1.68. The van der Waals surface area contributed by atoms with Crippen LogP contribution in [0, 0.1) is 25.1 Å². The van der Waals surface area contributed by atoms with Gasteiger partial charge in [-0.15, -0.1) is 4.91 Å². The normalized spacial score (nSPS) is 9.83. The molecule has 0 spiro atoms. The highest BCUT2D eigenvalue weighted by atomic mass is 16.7. The van der Waals surface area contributed by atoms with E-state index >= 15 is 0 Å². The van der Waals surface area contributed by atoms with Crippen molar-refractivity contribution in [2.45, 2.75) is 0 Å². The van der Waals surface area contributed by atoms with Crippen molar-refractivity contribution in [2.24, 2.45) is 5.18 Å². The van der Waals surface area contributed by atoms with Gasteiger partial charge in [-0.25, -0.2) is 10.3 Å². The van der Waals surface area contributed by atoms with Gasteiger partial charge in [0.15, 0.2) is 0 Å². The maximum Gasteiger partial charge on any atom is 0.363 e. The molecule has 2 aromatic rings. The van der Waals surface area contributed by atoms with Gasteiger partial charge in [-0.05, 0) is 29.4 Å². The monoisotopic (exact) mass is 332 g/mol. The molecule has 0 aliphatic heterocycles. The summed E-state index contributed by atoms with van der Waals surface area (Å²) in [6.45, 7) is 0. The number of anilines is 1. The van der Waals surface area contributed by atoms with Gasteiger partial charge in [0.05, 0.1) is 27.2 Å². The van der Waals surface area contributed by atoms with E-state index in [4.69, 9.17) is 4.84 Å². The van der Waals surface area contributed by atoms with Gasteiger partial charge in [-0.3, -0.25) is 20.2 Å². The summed E-state index contributed by atoms with van der Waals surface area (Å²) in [5, 5.41) is 24.2. The smallest absolute Gasteiger partial charge is 0.338 e. The Balaban J connectivity index is 2.17. The molecular weight excluding hydrogens is 324 g/mol. The van der Waals surface area contributed by atoms with Crippen molar-refractivity contribution < 1.29 is 19.5 Å². The molecule has 0 amide bonds. The summed E-state index contributed by atoms with van der Waals surface area (Å²) < 4.78 is 0. The molecule has 2 aromatic carbocycles. The molecule has 0 unspecified atom stereocenters. The van der Waals surface area contributed by atoms with Gasteiger partial charge in [0, 0.05) is 12.1 Å². The van der Waals surface area contributed by atoms with Crippen LogP contribution in [-0.4, -0.2) is 15.8 Å². The van der Waals surface area contributed by atoms with Crippen molar-refractivity contribution >= 4 is 28.7 Å². The first-order chi connectivity index (χ1) is 11.4.